The van der Waals surface area contributed by atoms with Crippen molar-refractivity contribution in [3.8, 4) is 0 Å². The summed E-state index contributed by atoms with van der Waals surface area (Å²) in [6.45, 7) is 6.82. The Balaban J connectivity index is 3.16. The Morgan fingerprint density at radius 3 is 1.83 bits per heavy atom. The van der Waals surface area contributed by atoms with Gasteiger partial charge in [0.15, 0.2) is 0 Å². The summed E-state index contributed by atoms with van der Waals surface area (Å²) in [5, 5.41) is 0. The monoisotopic (exact) mass is 250 g/mol. The van der Waals surface area contributed by atoms with Crippen molar-refractivity contribution in [2.75, 3.05) is 0 Å². The molecule has 0 saturated carbocycles. The van der Waals surface area contributed by atoms with Crippen molar-refractivity contribution in [3.63, 3.8) is 0 Å². The van der Waals surface area contributed by atoms with E-state index in [9.17, 15) is 0 Å². The standard InChI is InChI=1S/C18H34/c1-4-5-6-7-8-9-10-11-12-13-14-15-16-17-18(2)3/h10-11,15-16,18H,4-9,12-14,17H2,1-3H3/b11-10+,16-15+. The first-order valence-corrected chi connectivity index (χ1v) is 8.07. The summed E-state index contributed by atoms with van der Waals surface area (Å²) < 4.78 is 0. The van der Waals surface area contributed by atoms with Crippen LogP contribution in [0.1, 0.15) is 85.0 Å². The first-order chi connectivity index (χ1) is 8.77. The van der Waals surface area contributed by atoms with E-state index in [4.69, 9.17) is 0 Å². The van der Waals surface area contributed by atoms with E-state index in [1.807, 2.05) is 0 Å². The Morgan fingerprint density at radius 2 is 1.22 bits per heavy atom. The van der Waals surface area contributed by atoms with Crippen molar-refractivity contribution < 1.29 is 0 Å². The topological polar surface area (TPSA) is 0 Å². The molecule has 0 atom stereocenters. The maximum Gasteiger partial charge on any atom is -0.0327 e. The third-order valence-corrected chi connectivity index (χ3v) is 3.16. The van der Waals surface area contributed by atoms with Gasteiger partial charge in [0.05, 0.1) is 0 Å². The molecule has 0 bridgehead atoms. The Morgan fingerprint density at radius 1 is 0.667 bits per heavy atom. The largest absolute Gasteiger partial charge is 0.0885 e. The minimum atomic E-state index is 0.800. The van der Waals surface area contributed by atoms with Crippen LogP contribution in [-0.2, 0) is 0 Å². The van der Waals surface area contributed by atoms with Gasteiger partial charge in [-0.2, -0.15) is 0 Å². The molecule has 0 unspecified atom stereocenters. The van der Waals surface area contributed by atoms with Crippen LogP contribution in [0.4, 0.5) is 0 Å². The van der Waals surface area contributed by atoms with Gasteiger partial charge in [-0.25, -0.2) is 0 Å². The third-order valence-electron chi connectivity index (χ3n) is 3.16. The molecule has 0 heterocycles. The number of rotatable bonds is 12. The van der Waals surface area contributed by atoms with Crippen molar-refractivity contribution in [1.29, 1.82) is 0 Å². The summed E-state index contributed by atoms with van der Waals surface area (Å²) in [4.78, 5) is 0. The highest BCUT2D eigenvalue weighted by atomic mass is 13.9. The van der Waals surface area contributed by atoms with Gasteiger partial charge in [0.2, 0.25) is 0 Å². The molecule has 0 aliphatic heterocycles. The fourth-order valence-electron chi connectivity index (χ4n) is 1.94. The lowest BCUT2D eigenvalue weighted by atomic mass is 10.1. The molecule has 0 radical (unpaired) electrons. The van der Waals surface area contributed by atoms with Gasteiger partial charge in [-0.3, -0.25) is 0 Å². The summed E-state index contributed by atoms with van der Waals surface area (Å²) >= 11 is 0. The second-order valence-corrected chi connectivity index (χ2v) is 5.71. The molecular formula is C18H34. The molecule has 0 fully saturated rings. The summed E-state index contributed by atoms with van der Waals surface area (Å²) in [7, 11) is 0. The number of allylic oxidation sites excluding steroid dienone is 4. The number of unbranched alkanes of at least 4 members (excludes halogenated alkanes) is 7. The Labute approximate surface area is 116 Å². The lowest BCUT2D eigenvalue weighted by molar-refractivity contribution is 0.637. The zero-order valence-electron chi connectivity index (χ0n) is 13.0. The predicted octanol–water partition coefficient (Wildman–Crippen LogP) is 6.68. The molecule has 0 nitrogen and oxygen atoms in total. The number of hydrogen-bond acceptors (Lipinski definition) is 0. The smallest absolute Gasteiger partial charge is 0.0327 e. The van der Waals surface area contributed by atoms with E-state index in [0.29, 0.717) is 0 Å². The summed E-state index contributed by atoms with van der Waals surface area (Å²) in [6.07, 6.45) is 22.7. The van der Waals surface area contributed by atoms with Crippen molar-refractivity contribution in [3.05, 3.63) is 24.3 Å². The Bertz CT molecular complexity index is 198. The lowest BCUT2D eigenvalue weighted by Gasteiger charge is -1.97. The van der Waals surface area contributed by atoms with Gasteiger partial charge in [0.25, 0.3) is 0 Å². The molecule has 0 aliphatic rings. The molecule has 0 amide bonds. The molecule has 0 heteroatoms. The van der Waals surface area contributed by atoms with E-state index in [1.54, 1.807) is 0 Å². The van der Waals surface area contributed by atoms with E-state index in [2.05, 4.69) is 45.1 Å². The van der Waals surface area contributed by atoms with Crippen LogP contribution < -0.4 is 0 Å². The van der Waals surface area contributed by atoms with Gasteiger partial charge in [0.1, 0.15) is 0 Å². The summed E-state index contributed by atoms with van der Waals surface area (Å²) in [5.41, 5.74) is 0. The molecule has 106 valence electrons. The maximum absolute atomic E-state index is 2.38. The van der Waals surface area contributed by atoms with Crippen molar-refractivity contribution in [2.45, 2.75) is 85.0 Å². The SMILES string of the molecule is CCCCCCC/C=C/CCC/C=C/CC(C)C. The van der Waals surface area contributed by atoms with Crippen LogP contribution in [0.15, 0.2) is 24.3 Å². The molecule has 0 spiro atoms. The van der Waals surface area contributed by atoms with Crippen LogP contribution in [0.25, 0.3) is 0 Å². The first-order valence-electron chi connectivity index (χ1n) is 8.07. The lowest BCUT2D eigenvalue weighted by Crippen LogP contribution is -1.81. The van der Waals surface area contributed by atoms with E-state index < -0.39 is 0 Å². The van der Waals surface area contributed by atoms with Crippen LogP contribution in [0.2, 0.25) is 0 Å². The molecule has 0 aromatic rings. The normalized spacial score (nSPS) is 12.2. The Kier molecular flexibility index (Phi) is 14.1. The third kappa shape index (κ3) is 15.5. The van der Waals surface area contributed by atoms with Crippen molar-refractivity contribution in [2.24, 2.45) is 5.92 Å². The average molecular weight is 250 g/mol. The van der Waals surface area contributed by atoms with Gasteiger partial charge in [-0.15, -0.1) is 0 Å². The second kappa shape index (κ2) is 14.5. The fourth-order valence-corrected chi connectivity index (χ4v) is 1.94. The van der Waals surface area contributed by atoms with Crippen LogP contribution >= 0.6 is 0 Å². The van der Waals surface area contributed by atoms with Gasteiger partial charge < -0.3 is 0 Å². The van der Waals surface area contributed by atoms with E-state index in [0.717, 1.165) is 5.92 Å². The van der Waals surface area contributed by atoms with Crippen LogP contribution in [0.5, 0.6) is 0 Å². The minimum Gasteiger partial charge on any atom is -0.0885 e. The predicted molar refractivity (Wildman–Crippen MR) is 85.0 cm³/mol. The average Bonchev–Trinajstić information content (AvgIpc) is 2.34. The maximum atomic E-state index is 2.38. The number of hydrogen-bond donors (Lipinski definition) is 0. The van der Waals surface area contributed by atoms with E-state index in [1.165, 1.54) is 64.2 Å². The van der Waals surface area contributed by atoms with Gasteiger partial charge >= 0.3 is 0 Å². The first kappa shape index (κ1) is 17.5. The highest BCUT2D eigenvalue weighted by molar-refractivity contribution is 4.85. The summed E-state index contributed by atoms with van der Waals surface area (Å²) in [5.74, 6) is 0.800. The van der Waals surface area contributed by atoms with Crippen LogP contribution in [-0.4, -0.2) is 0 Å². The van der Waals surface area contributed by atoms with Gasteiger partial charge in [0, 0.05) is 0 Å². The quantitative estimate of drug-likeness (QED) is 0.268. The van der Waals surface area contributed by atoms with Crippen molar-refractivity contribution in [1.82, 2.24) is 0 Å². The van der Waals surface area contributed by atoms with E-state index in [-0.39, 0.29) is 0 Å². The van der Waals surface area contributed by atoms with Crippen molar-refractivity contribution >= 4 is 0 Å². The van der Waals surface area contributed by atoms with E-state index >= 15 is 0 Å². The summed E-state index contributed by atoms with van der Waals surface area (Å²) in [6, 6.07) is 0. The zero-order chi connectivity index (χ0) is 13.5. The highest BCUT2D eigenvalue weighted by Crippen LogP contribution is 2.07. The minimum absolute atomic E-state index is 0.800. The highest BCUT2D eigenvalue weighted by Gasteiger charge is 1.88. The molecule has 0 N–H and O–H groups in total. The molecular weight excluding hydrogens is 216 g/mol. The molecule has 0 aliphatic carbocycles. The molecule has 0 aromatic heterocycles. The molecule has 0 saturated heterocycles. The van der Waals surface area contributed by atoms with Crippen LogP contribution in [0.3, 0.4) is 0 Å². The second-order valence-electron chi connectivity index (χ2n) is 5.71. The molecule has 0 rings (SSSR count). The molecule has 0 aromatic carbocycles. The Hall–Kier alpha value is -0.520. The van der Waals surface area contributed by atoms with Gasteiger partial charge in [-0.1, -0.05) is 70.8 Å². The molecule has 18 heavy (non-hydrogen) atoms. The zero-order valence-corrected chi connectivity index (χ0v) is 13.0. The van der Waals surface area contributed by atoms with Crippen LogP contribution in [0, 0.1) is 5.92 Å². The fraction of sp³-hybridized carbons (Fsp3) is 0.778. The van der Waals surface area contributed by atoms with Gasteiger partial charge in [-0.05, 0) is 44.4 Å².